The molecule has 0 amide bonds. The molecule has 2 aromatic carbocycles. The van der Waals surface area contributed by atoms with Crippen LogP contribution in [-0.4, -0.2) is 40.2 Å². The number of carboxylic acids is 1. The normalized spacial score (nSPS) is 10.5. The molecule has 0 radical (unpaired) electrons. The van der Waals surface area contributed by atoms with Crippen molar-refractivity contribution in [2.24, 2.45) is 0 Å². The van der Waals surface area contributed by atoms with Crippen molar-refractivity contribution in [1.82, 2.24) is 10.2 Å². The van der Waals surface area contributed by atoms with E-state index in [4.69, 9.17) is 14.3 Å². The number of methoxy groups -OCH3 is 1. The predicted molar refractivity (Wildman–Crippen MR) is 87.9 cm³/mol. The number of carboxylic acid groups (broad SMARTS) is 1. The maximum absolute atomic E-state index is 11.5. The van der Waals surface area contributed by atoms with Crippen LogP contribution in [0.15, 0.2) is 46.9 Å². The summed E-state index contributed by atoms with van der Waals surface area (Å²) in [7, 11) is 2.83. The third kappa shape index (κ3) is 3.23. The number of nitrogens with zero attached hydrogens (tertiary/aromatic N) is 3. The number of benzene rings is 2. The van der Waals surface area contributed by atoms with Crippen LogP contribution in [0, 0.1) is 4.91 Å². The lowest BCUT2D eigenvalue weighted by atomic mass is 10.1. The molecule has 25 heavy (non-hydrogen) atoms. The van der Waals surface area contributed by atoms with E-state index in [1.165, 1.54) is 26.3 Å². The van der Waals surface area contributed by atoms with Gasteiger partial charge < -0.3 is 14.3 Å². The van der Waals surface area contributed by atoms with Crippen LogP contribution in [-0.2, 0) is 0 Å². The number of aromatic carboxylic acids is 1. The Morgan fingerprint density at radius 2 is 1.80 bits per heavy atom. The molecule has 1 aromatic heterocycles. The summed E-state index contributed by atoms with van der Waals surface area (Å²) in [5.74, 6) is -0.234. The van der Waals surface area contributed by atoms with Crippen LogP contribution in [0.3, 0.4) is 0 Å². The van der Waals surface area contributed by atoms with E-state index in [2.05, 4.69) is 10.2 Å². The lowest BCUT2D eigenvalue weighted by Crippen LogP contribution is -1.95. The Balaban J connectivity index is 1.98. The Bertz CT molecular complexity index is 964. The molecule has 0 spiro atoms. The monoisotopic (exact) mass is 340 g/mol. The highest BCUT2D eigenvalue weighted by molar-refractivity contribution is 5.89. The molecule has 0 fully saturated rings. The van der Waals surface area contributed by atoms with Gasteiger partial charge in [-0.05, 0) is 30.3 Å². The number of nitroso groups, excluding NO2 is 1. The van der Waals surface area contributed by atoms with E-state index in [0.29, 0.717) is 27.3 Å². The molecule has 3 aromatic rings. The fourth-order valence-electron chi connectivity index (χ4n) is 2.31. The van der Waals surface area contributed by atoms with Gasteiger partial charge in [0.1, 0.15) is 0 Å². The largest absolute Gasteiger partial charge is 0.490 e. The maximum atomic E-state index is 11.5. The minimum Gasteiger partial charge on any atom is -0.490 e. The van der Waals surface area contributed by atoms with Crippen LogP contribution >= 0.6 is 0 Å². The van der Waals surface area contributed by atoms with Gasteiger partial charge in [0.2, 0.25) is 11.8 Å². The fourth-order valence-corrected chi connectivity index (χ4v) is 2.31. The van der Waals surface area contributed by atoms with Crippen LogP contribution in [0.5, 0.6) is 5.75 Å². The van der Waals surface area contributed by atoms with E-state index in [1.54, 1.807) is 30.3 Å². The van der Waals surface area contributed by atoms with Crippen molar-refractivity contribution in [3.05, 3.63) is 52.9 Å². The van der Waals surface area contributed by atoms with Crippen LogP contribution in [0.25, 0.3) is 22.9 Å². The lowest BCUT2D eigenvalue weighted by Gasteiger charge is -2.02. The topological polar surface area (TPSA) is 106 Å². The van der Waals surface area contributed by atoms with Crippen molar-refractivity contribution in [2.45, 2.75) is 0 Å². The summed E-state index contributed by atoms with van der Waals surface area (Å²) in [5.41, 5.74) is 1.58. The predicted octanol–water partition coefficient (Wildman–Crippen LogP) is 3.15. The zero-order chi connectivity index (χ0) is 18.0. The average Bonchev–Trinajstić information content (AvgIpc) is 3.11. The molecule has 8 heteroatoms. The van der Waals surface area contributed by atoms with Crippen LogP contribution < -0.4 is 4.74 Å². The first kappa shape index (κ1) is 16.3. The molecule has 0 saturated heterocycles. The van der Waals surface area contributed by atoms with Gasteiger partial charge in [0.15, 0.2) is 12.8 Å². The van der Waals surface area contributed by atoms with Crippen molar-refractivity contribution in [3.8, 4) is 28.7 Å². The van der Waals surface area contributed by atoms with Gasteiger partial charge in [0.05, 0.1) is 12.7 Å². The summed E-state index contributed by atoms with van der Waals surface area (Å²) in [4.78, 5) is 22.5. The second kappa shape index (κ2) is 6.52. The van der Waals surface area contributed by atoms with Gasteiger partial charge in [0.25, 0.3) is 5.69 Å². The van der Waals surface area contributed by atoms with Gasteiger partial charge >= 0.3 is 5.97 Å². The number of ether oxygens (including phenoxy) is 1. The summed E-state index contributed by atoms with van der Waals surface area (Å²) < 4.78 is 11.5. The molecule has 0 saturated carbocycles. The highest BCUT2D eigenvalue weighted by Crippen LogP contribution is 2.32. The maximum Gasteiger partial charge on any atom is 0.335 e. The van der Waals surface area contributed by atoms with Gasteiger partial charge in [-0.2, -0.15) is 0 Å². The van der Waals surface area contributed by atoms with Gasteiger partial charge in [0, 0.05) is 26.9 Å². The molecule has 0 unspecified atom stereocenters. The summed E-state index contributed by atoms with van der Waals surface area (Å²) in [6, 6.07) is 11.1. The first-order chi connectivity index (χ1) is 12.0. The smallest absolute Gasteiger partial charge is 0.335 e. The summed E-state index contributed by atoms with van der Waals surface area (Å²) in [6.45, 7) is 0. The zero-order valence-electron chi connectivity index (χ0n) is 13.5. The fraction of sp³-hybridized carbons (Fsp3) is 0.118. The van der Waals surface area contributed by atoms with Gasteiger partial charge in [-0.15, -0.1) is 10.2 Å². The first-order valence-electron chi connectivity index (χ1n) is 7.26. The minimum absolute atomic E-state index is 0.127. The molecule has 126 valence electrons. The molecule has 1 N–H and O–H groups in total. The molecule has 8 nitrogen and oxygen atoms in total. The van der Waals surface area contributed by atoms with E-state index in [-0.39, 0.29) is 17.3 Å². The van der Waals surface area contributed by atoms with E-state index >= 15 is 0 Å². The third-order valence-electron chi connectivity index (χ3n) is 3.55. The first-order valence-corrected chi connectivity index (χ1v) is 7.26. The summed E-state index contributed by atoms with van der Waals surface area (Å²) in [6.07, 6.45) is 0. The molecular formula is C17H14N3O5+. The van der Waals surface area contributed by atoms with Crippen LogP contribution in [0.4, 0.5) is 5.69 Å². The second-order valence-electron chi connectivity index (χ2n) is 5.18. The Morgan fingerprint density at radius 3 is 2.40 bits per heavy atom. The molecular weight excluding hydrogens is 326 g/mol. The molecule has 3 rings (SSSR count). The average molecular weight is 340 g/mol. The minimum atomic E-state index is -1.04. The number of hydrogen-bond donors (Lipinski definition) is 1. The molecule has 0 aliphatic heterocycles. The highest BCUT2D eigenvalue weighted by Gasteiger charge is 2.19. The van der Waals surface area contributed by atoms with E-state index in [1.807, 2.05) is 0 Å². The van der Waals surface area contributed by atoms with Crippen molar-refractivity contribution in [3.63, 3.8) is 0 Å². The van der Waals surface area contributed by atoms with Crippen molar-refractivity contribution >= 4 is 11.7 Å². The van der Waals surface area contributed by atoms with Gasteiger partial charge in [-0.25, -0.2) is 4.79 Å². The summed E-state index contributed by atoms with van der Waals surface area (Å²) >= 11 is 0. The molecule has 0 bridgehead atoms. The molecule has 0 atom stereocenters. The molecule has 1 heterocycles. The van der Waals surface area contributed by atoms with E-state index < -0.39 is 5.97 Å². The zero-order valence-corrected chi connectivity index (χ0v) is 13.5. The molecule has 0 aliphatic carbocycles. The Kier molecular flexibility index (Phi) is 4.25. The lowest BCUT2D eigenvalue weighted by molar-refractivity contribution is -0.429. The van der Waals surface area contributed by atoms with Crippen molar-refractivity contribution in [2.75, 3.05) is 14.2 Å². The number of hydrogen-bond acceptors (Lipinski definition) is 6. The number of carbonyl (C=O) groups is 1. The van der Waals surface area contributed by atoms with E-state index in [9.17, 15) is 9.70 Å². The Hall–Kier alpha value is -3.55. The number of rotatable bonds is 5. The summed E-state index contributed by atoms with van der Waals surface area (Å²) in [5, 5.41) is 17.0. The Labute approximate surface area is 142 Å². The SMILES string of the molecule is COc1cc(-c2nnc(-c3cccc(C(=O)O)c3)o2)ccc1[N+](C)=O. The van der Waals surface area contributed by atoms with Gasteiger partial charge in [-0.1, -0.05) is 6.07 Å². The van der Waals surface area contributed by atoms with Crippen LogP contribution in [0.2, 0.25) is 0 Å². The highest BCUT2D eigenvalue weighted by atomic mass is 16.5. The number of aromatic nitrogens is 2. The van der Waals surface area contributed by atoms with Crippen LogP contribution in [0.1, 0.15) is 10.4 Å². The van der Waals surface area contributed by atoms with Crippen molar-refractivity contribution < 1.29 is 23.8 Å². The molecule has 0 aliphatic rings. The third-order valence-corrected chi connectivity index (χ3v) is 3.55. The Morgan fingerprint density at radius 1 is 1.12 bits per heavy atom. The quantitative estimate of drug-likeness (QED) is 0.711. The second-order valence-corrected chi connectivity index (χ2v) is 5.18. The van der Waals surface area contributed by atoms with Crippen molar-refractivity contribution in [1.29, 1.82) is 0 Å². The van der Waals surface area contributed by atoms with Gasteiger partial charge in [-0.3, -0.25) is 0 Å². The van der Waals surface area contributed by atoms with E-state index in [0.717, 1.165) is 0 Å². The standard InChI is InChI=1S/C17H13N3O5/c1-20(23)13-7-6-11(9-14(13)24-2)16-19-18-15(25-16)10-4-3-5-12(8-10)17(21)22/h3-9H,1-2H3/p+1.